The molecule has 1 unspecified atom stereocenters. The predicted molar refractivity (Wildman–Crippen MR) is 69.9 cm³/mol. The molecule has 0 saturated carbocycles. The van der Waals surface area contributed by atoms with Gasteiger partial charge in [0.25, 0.3) is 0 Å². The molecule has 2 rings (SSSR count). The highest BCUT2D eigenvalue weighted by Crippen LogP contribution is 2.23. The summed E-state index contributed by atoms with van der Waals surface area (Å²) in [5.41, 5.74) is 7.54. The van der Waals surface area contributed by atoms with E-state index >= 15 is 0 Å². The van der Waals surface area contributed by atoms with Gasteiger partial charge in [0.15, 0.2) is 5.65 Å². The molecule has 0 fully saturated rings. The first-order valence-electron chi connectivity index (χ1n) is 6.29. The van der Waals surface area contributed by atoms with E-state index in [0.717, 1.165) is 42.9 Å². The Morgan fingerprint density at radius 1 is 1.47 bits per heavy atom. The first-order chi connectivity index (χ1) is 8.27. The van der Waals surface area contributed by atoms with Crippen molar-refractivity contribution < 1.29 is 0 Å². The summed E-state index contributed by atoms with van der Waals surface area (Å²) in [6, 6.07) is 3.96. The number of pyridine rings is 1. The molecule has 0 amide bonds. The van der Waals surface area contributed by atoms with E-state index in [1.54, 1.807) is 0 Å². The summed E-state index contributed by atoms with van der Waals surface area (Å²) in [4.78, 5) is 9.11. The second-order valence-electron chi connectivity index (χ2n) is 4.39. The number of nitrogens with zero attached hydrogens (tertiary/aromatic N) is 3. The molecule has 2 heterocycles. The summed E-state index contributed by atoms with van der Waals surface area (Å²) in [5, 5.41) is 0. The summed E-state index contributed by atoms with van der Waals surface area (Å²) in [6.07, 6.45) is 3.95. The maximum absolute atomic E-state index is 5.56. The Bertz CT molecular complexity index is 489. The zero-order valence-electron chi connectivity index (χ0n) is 10.6. The molecule has 0 aromatic carbocycles. The fraction of sp³-hybridized carbons (Fsp3) is 0.538. The minimum absolute atomic E-state index is 0.438. The molecule has 0 bridgehead atoms. The average molecular weight is 232 g/mol. The minimum atomic E-state index is 0.438. The van der Waals surface area contributed by atoms with E-state index in [-0.39, 0.29) is 0 Å². The number of nitrogens with two attached hydrogens (primary N) is 1. The molecular weight excluding hydrogens is 212 g/mol. The van der Waals surface area contributed by atoms with Crippen LogP contribution in [0.25, 0.3) is 11.2 Å². The highest BCUT2D eigenvalue weighted by Gasteiger charge is 2.15. The summed E-state index contributed by atoms with van der Waals surface area (Å²) in [6.45, 7) is 6.00. The second-order valence-corrected chi connectivity index (χ2v) is 4.39. The average Bonchev–Trinajstić information content (AvgIpc) is 2.74. The molecule has 0 saturated heterocycles. The van der Waals surface area contributed by atoms with Crippen molar-refractivity contribution in [3.8, 4) is 0 Å². The monoisotopic (exact) mass is 232 g/mol. The number of rotatable bonds is 5. The van der Waals surface area contributed by atoms with Crippen LogP contribution in [0, 0.1) is 0 Å². The summed E-state index contributed by atoms with van der Waals surface area (Å²) < 4.78 is 2.20. The van der Waals surface area contributed by atoms with Gasteiger partial charge in [-0.15, -0.1) is 0 Å². The zero-order valence-corrected chi connectivity index (χ0v) is 10.6. The van der Waals surface area contributed by atoms with Crippen LogP contribution in [0.2, 0.25) is 0 Å². The predicted octanol–water partition coefficient (Wildman–Crippen LogP) is 2.29. The number of imidazole rings is 1. The molecule has 2 N–H and O–H groups in total. The van der Waals surface area contributed by atoms with E-state index < -0.39 is 0 Å². The third-order valence-electron chi connectivity index (χ3n) is 3.13. The number of aryl methyl sites for hydroxylation is 1. The lowest BCUT2D eigenvalue weighted by Gasteiger charge is -2.12. The van der Waals surface area contributed by atoms with Crippen LogP contribution in [0.3, 0.4) is 0 Å². The number of aromatic nitrogens is 3. The maximum atomic E-state index is 5.56. The van der Waals surface area contributed by atoms with Gasteiger partial charge in [-0.2, -0.15) is 0 Å². The van der Waals surface area contributed by atoms with Crippen LogP contribution < -0.4 is 5.73 Å². The molecule has 0 radical (unpaired) electrons. The van der Waals surface area contributed by atoms with Gasteiger partial charge in [0.2, 0.25) is 0 Å². The van der Waals surface area contributed by atoms with Gasteiger partial charge in [0, 0.05) is 18.7 Å². The van der Waals surface area contributed by atoms with E-state index in [1.807, 2.05) is 18.3 Å². The largest absolute Gasteiger partial charge is 0.330 e. The normalized spacial score (nSPS) is 13.1. The summed E-state index contributed by atoms with van der Waals surface area (Å²) in [7, 11) is 0. The molecule has 4 heteroatoms. The van der Waals surface area contributed by atoms with Gasteiger partial charge < -0.3 is 10.3 Å². The number of hydrogen-bond acceptors (Lipinski definition) is 3. The van der Waals surface area contributed by atoms with Crippen molar-refractivity contribution in [3.63, 3.8) is 0 Å². The topological polar surface area (TPSA) is 56.7 Å². The van der Waals surface area contributed by atoms with E-state index in [4.69, 9.17) is 10.7 Å². The molecule has 0 aliphatic rings. The molecule has 0 aliphatic carbocycles. The Balaban J connectivity index is 2.38. The van der Waals surface area contributed by atoms with Gasteiger partial charge >= 0.3 is 0 Å². The Kier molecular flexibility index (Phi) is 3.74. The Morgan fingerprint density at radius 3 is 3.00 bits per heavy atom. The SMILES string of the molecule is CCn1c(C(C)CCCN)nc2cccnc21. The second kappa shape index (κ2) is 5.27. The first-order valence-corrected chi connectivity index (χ1v) is 6.29. The zero-order chi connectivity index (χ0) is 12.3. The number of hydrogen-bond donors (Lipinski definition) is 1. The molecule has 17 heavy (non-hydrogen) atoms. The van der Waals surface area contributed by atoms with Crippen LogP contribution in [0.5, 0.6) is 0 Å². The van der Waals surface area contributed by atoms with Gasteiger partial charge in [0.1, 0.15) is 11.3 Å². The quantitative estimate of drug-likeness (QED) is 0.860. The lowest BCUT2D eigenvalue weighted by atomic mass is 10.1. The van der Waals surface area contributed by atoms with E-state index in [9.17, 15) is 0 Å². The van der Waals surface area contributed by atoms with Crippen molar-refractivity contribution >= 4 is 11.2 Å². The molecule has 92 valence electrons. The molecule has 1 atom stereocenters. The third kappa shape index (κ3) is 2.31. The van der Waals surface area contributed by atoms with Crippen LogP contribution in [0.1, 0.15) is 38.4 Å². The minimum Gasteiger partial charge on any atom is -0.330 e. The van der Waals surface area contributed by atoms with Crippen molar-refractivity contribution in [2.45, 2.75) is 39.2 Å². The van der Waals surface area contributed by atoms with Crippen LogP contribution in [0.15, 0.2) is 18.3 Å². The van der Waals surface area contributed by atoms with Gasteiger partial charge in [0.05, 0.1) is 0 Å². The summed E-state index contributed by atoms with van der Waals surface area (Å²) >= 11 is 0. The van der Waals surface area contributed by atoms with Crippen LogP contribution in [-0.4, -0.2) is 21.1 Å². The van der Waals surface area contributed by atoms with Crippen LogP contribution >= 0.6 is 0 Å². The van der Waals surface area contributed by atoms with Crippen LogP contribution in [0.4, 0.5) is 0 Å². The van der Waals surface area contributed by atoms with Gasteiger partial charge in [-0.1, -0.05) is 6.92 Å². The fourth-order valence-corrected chi connectivity index (χ4v) is 2.22. The lowest BCUT2D eigenvalue weighted by molar-refractivity contribution is 0.573. The van der Waals surface area contributed by atoms with Crippen molar-refractivity contribution in [3.05, 3.63) is 24.2 Å². The number of fused-ring (bicyclic) bond motifs is 1. The van der Waals surface area contributed by atoms with Crippen LogP contribution in [-0.2, 0) is 6.54 Å². The van der Waals surface area contributed by atoms with Crippen molar-refractivity contribution in [2.24, 2.45) is 5.73 Å². The van der Waals surface area contributed by atoms with Crippen molar-refractivity contribution in [1.29, 1.82) is 0 Å². The van der Waals surface area contributed by atoms with Crippen molar-refractivity contribution in [1.82, 2.24) is 14.5 Å². The fourth-order valence-electron chi connectivity index (χ4n) is 2.22. The Morgan fingerprint density at radius 2 is 2.29 bits per heavy atom. The highest BCUT2D eigenvalue weighted by molar-refractivity contribution is 5.71. The standard InChI is InChI=1S/C13H20N4/c1-3-17-12(10(2)6-4-8-14)16-11-7-5-9-15-13(11)17/h5,7,9-10H,3-4,6,8,14H2,1-2H3. The first kappa shape index (κ1) is 12.0. The van der Waals surface area contributed by atoms with Gasteiger partial charge in [-0.25, -0.2) is 9.97 Å². The van der Waals surface area contributed by atoms with Crippen molar-refractivity contribution in [2.75, 3.05) is 6.54 Å². The third-order valence-corrected chi connectivity index (χ3v) is 3.13. The van der Waals surface area contributed by atoms with E-state index in [2.05, 4.69) is 23.4 Å². The lowest BCUT2D eigenvalue weighted by Crippen LogP contribution is -2.08. The van der Waals surface area contributed by atoms with E-state index in [1.165, 1.54) is 0 Å². The highest BCUT2D eigenvalue weighted by atomic mass is 15.1. The molecule has 0 spiro atoms. The molecule has 2 aromatic rings. The molecular formula is C13H20N4. The Hall–Kier alpha value is -1.42. The molecule has 2 aromatic heterocycles. The van der Waals surface area contributed by atoms with E-state index in [0.29, 0.717) is 5.92 Å². The molecule has 4 nitrogen and oxygen atoms in total. The Labute approximate surface area is 102 Å². The smallest absolute Gasteiger partial charge is 0.159 e. The maximum Gasteiger partial charge on any atom is 0.159 e. The van der Waals surface area contributed by atoms with Gasteiger partial charge in [-0.05, 0) is 38.4 Å². The molecule has 0 aliphatic heterocycles. The van der Waals surface area contributed by atoms with Gasteiger partial charge in [-0.3, -0.25) is 0 Å². The summed E-state index contributed by atoms with van der Waals surface area (Å²) in [5.74, 6) is 1.57.